The first-order valence-corrected chi connectivity index (χ1v) is 5.52. The number of aromatic nitrogens is 4. The fraction of sp³-hybridized carbons (Fsp3) is 0.273. The summed E-state index contributed by atoms with van der Waals surface area (Å²) in [4.78, 5) is 22.5. The summed E-state index contributed by atoms with van der Waals surface area (Å²) in [5.74, 6) is -1.32. The molecule has 1 amide bonds. The zero-order valence-electron chi connectivity index (χ0n) is 10.5. The van der Waals surface area contributed by atoms with E-state index in [9.17, 15) is 9.59 Å². The molecule has 0 radical (unpaired) electrons. The minimum atomic E-state index is -0.997. The van der Waals surface area contributed by atoms with Gasteiger partial charge in [-0.2, -0.15) is 10.2 Å². The molecule has 2 rings (SSSR count). The van der Waals surface area contributed by atoms with Crippen LogP contribution in [-0.4, -0.2) is 36.5 Å². The van der Waals surface area contributed by atoms with Gasteiger partial charge in [0.1, 0.15) is 12.2 Å². The lowest BCUT2D eigenvalue weighted by molar-refractivity contribution is -0.137. The Balaban J connectivity index is 2.09. The first kappa shape index (κ1) is 12.8. The average molecular weight is 263 g/mol. The first-order valence-electron chi connectivity index (χ1n) is 5.52. The van der Waals surface area contributed by atoms with Crippen molar-refractivity contribution in [3.8, 4) is 0 Å². The summed E-state index contributed by atoms with van der Waals surface area (Å²) in [6.45, 7) is 1.54. The molecular weight excluding hydrogens is 250 g/mol. The molecule has 100 valence electrons. The molecule has 0 saturated carbocycles. The molecule has 0 unspecified atom stereocenters. The molecule has 0 aliphatic carbocycles. The van der Waals surface area contributed by atoms with Crippen molar-refractivity contribution in [3.63, 3.8) is 0 Å². The third-order valence-corrected chi connectivity index (χ3v) is 2.42. The SMILES string of the molecule is Cc1cc(C(=O)Nc2cnn(CC(=O)O)c2)n(C)n1. The Morgan fingerprint density at radius 3 is 2.79 bits per heavy atom. The number of nitrogens with one attached hydrogen (secondary N) is 1. The third-order valence-electron chi connectivity index (χ3n) is 2.42. The summed E-state index contributed by atoms with van der Waals surface area (Å²) in [6.07, 6.45) is 2.85. The molecule has 2 aromatic heterocycles. The summed E-state index contributed by atoms with van der Waals surface area (Å²) in [6, 6.07) is 1.66. The van der Waals surface area contributed by atoms with E-state index in [4.69, 9.17) is 5.11 Å². The number of amides is 1. The van der Waals surface area contributed by atoms with Crippen LogP contribution in [-0.2, 0) is 18.4 Å². The lowest BCUT2D eigenvalue weighted by atomic mass is 10.3. The van der Waals surface area contributed by atoms with Crippen LogP contribution < -0.4 is 5.32 Å². The van der Waals surface area contributed by atoms with E-state index in [1.54, 1.807) is 20.0 Å². The fourth-order valence-electron chi connectivity index (χ4n) is 1.67. The van der Waals surface area contributed by atoms with Gasteiger partial charge in [-0.05, 0) is 13.0 Å². The lowest BCUT2D eigenvalue weighted by Crippen LogP contribution is -2.15. The first-order chi connectivity index (χ1) is 8.95. The largest absolute Gasteiger partial charge is 0.480 e. The topological polar surface area (TPSA) is 102 Å². The van der Waals surface area contributed by atoms with Crippen molar-refractivity contribution < 1.29 is 14.7 Å². The van der Waals surface area contributed by atoms with Gasteiger partial charge in [0.15, 0.2) is 0 Å². The van der Waals surface area contributed by atoms with Crippen LogP contribution >= 0.6 is 0 Å². The molecule has 8 heteroatoms. The predicted octanol–water partition coefficient (Wildman–Crippen LogP) is 0.262. The standard InChI is InChI=1S/C11H13N5O3/c1-7-3-9(15(2)14-7)11(19)13-8-4-12-16(5-8)6-10(17)18/h3-5H,6H2,1-2H3,(H,13,19)(H,17,18). The molecule has 0 aliphatic rings. The van der Waals surface area contributed by atoms with E-state index in [1.165, 1.54) is 21.8 Å². The van der Waals surface area contributed by atoms with Gasteiger partial charge < -0.3 is 10.4 Å². The number of hydrogen-bond acceptors (Lipinski definition) is 4. The van der Waals surface area contributed by atoms with Gasteiger partial charge in [0.2, 0.25) is 0 Å². The second-order valence-corrected chi connectivity index (χ2v) is 4.07. The van der Waals surface area contributed by atoms with Crippen molar-refractivity contribution in [2.75, 3.05) is 5.32 Å². The summed E-state index contributed by atoms with van der Waals surface area (Å²) >= 11 is 0. The van der Waals surface area contributed by atoms with Crippen molar-refractivity contribution >= 4 is 17.6 Å². The van der Waals surface area contributed by atoms with Crippen LogP contribution in [0.3, 0.4) is 0 Å². The fourth-order valence-corrected chi connectivity index (χ4v) is 1.67. The Kier molecular flexibility index (Phi) is 3.32. The van der Waals surface area contributed by atoms with Crippen molar-refractivity contribution in [1.82, 2.24) is 19.6 Å². The van der Waals surface area contributed by atoms with Crippen molar-refractivity contribution in [1.29, 1.82) is 0 Å². The normalized spacial score (nSPS) is 10.4. The van der Waals surface area contributed by atoms with Gasteiger partial charge >= 0.3 is 5.97 Å². The van der Waals surface area contributed by atoms with E-state index in [0.29, 0.717) is 11.4 Å². The Morgan fingerprint density at radius 1 is 1.47 bits per heavy atom. The van der Waals surface area contributed by atoms with E-state index in [2.05, 4.69) is 15.5 Å². The highest BCUT2D eigenvalue weighted by atomic mass is 16.4. The number of aliphatic carboxylic acids is 1. The van der Waals surface area contributed by atoms with Crippen LogP contribution in [0.15, 0.2) is 18.5 Å². The minimum Gasteiger partial charge on any atom is -0.480 e. The molecule has 0 spiro atoms. The molecule has 0 aliphatic heterocycles. The molecule has 0 saturated heterocycles. The predicted molar refractivity (Wildman–Crippen MR) is 65.8 cm³/mol. The maximum absolute atomic E-state index is 12.0. The number of carboxylic acid groups (broad SMARTS) is 1. The number of aryl methyl sites for hydroxylation is 2. The summed E-state index contributed by atoms with van der Waals surface area (Å²) < 4.78 is 2.71. The monoisotopic (exact) mass is 263 g/mol. The number of nitrogens with zero attached hydrogens (tertiary/aromatic N) is 4. The molecule has 2 N–H and O–H groups in total. The van der Waals surface area contributed by atoms with E-state index in [1.807, 2.05) is 0 Å². The molecule has 19 heavy (non-hydrogen) atoms. The second kappa shape index (κ2) is 4.92. The van der Waals surface area contributed by atoms with Crippen molar-refractivity contribution in [2.45, 2.75) is 13.5 Å². The molecule has 0 atom stereocenters. The van der Waals surface area contributed by atoms with Gasteiger partial charge in [-0.3, -0.25) is 19.0 Å². The van der Waals surface area contributed by atoms with Crippen LogP contribution in [0.25, 0.3) is 0 Å². The van der Waals surface area contributed by atoms with Gasteiger partial charge in [0.25, 0.3) is 5.91 Å². The van der Waals surface area contributed by atoms with Gasteiger partial charge in [-0.1, -0.05) is 0 Å². The molecule has 0 fully saturated rings. The quantitative estimate of drug-likeness (QED) is 0.823. The number of carbonyl (C=O) groups excluding carboxylic acids is 1. The van der Waals surface area contributed by atoms with Crippen LogP contribution in [0, 0.1) is 6.92 Å². The highest BCUT2D eigenvalue weighted by Crippen LogP contribution is 2.09. The van der Waals surface area contributed by atoms with E-state index in [-0.39, 0.29) is 12.5 Å². The number of carbonyl (C=O) groups is 2. The molecular formula is C11H13N5O3. The average Bonchev–Trinajstić information content (AvgIpc) is 2.84. The Morgan fingerprint density at radius 2 is 2.21 bits per heavy atom. The van der Waals surface area contributed by atoms with Gasteiger partial charge in [-0.25, -0.2) is 0 Å². The number of anilines is 1. The van der Waals surface area contributed by atoms with Crippen LogP contribution in [0.4, 0.5) is 5.69 Å². The highest BCUT2D eigenvalue weighted by molar-refractivity contribution is 6.03. The molecule has 8 nitrogen and oxygen atoms in total. The maximum Gasteiger partial charge on any atom is 0.325 e. The van der Waals surface area contributed by atoms with Gasteiger partial charge in [0.05, 0.1) is 17.6 Å². The van der Waals surface area contributed by atoms with Crippen LogP contribution in [0.5, 0.6) is 0 Å². The van der Waals surface area contributed by atoms with Crippen molar-refractivity contribution in [3.05, 3.63) is 29.8 Å². The molecule has 2 heterocycles. The second-order valence-electron chi connectivity index (χ2n) is 4.07. The zero-order chi connectivity index (χ0) is 14.0. The van der Waals surface area contributed by atoms with E-state index >= 15 is 0 Å². The number of hydrogen-bond donors (Lipinski definition) is 2. The Hall–Kier alpha value is -2.64. The van der Waals surface area contributed by atoms with Gasteiger partial charge in [-0.15, -0.1) is 0 Å². The van der Waals surface area contributed by atoms with E-state index in [0.717, 1.165) is 5.69 Å². The van der Waals surface area contributed by atoms with Crippen LogP contribution in [0.1, 0.15) is 16.2 Å². The van der Waals surface area contributed by atoms with E-state index < -0.39 is 5.97 Å². The molecule has 0 aromatic carbocycles. The third kappa shape index (κ3) is 2.97. The summed E-state index contributed by atoms with van der Waals surface area (Å²) in [7, 11) is 1.68. The Labute approximate surface area is 108 Å². The minimum absolute atomic E-state index is 0.249. The number of carboxylic acids is 1. The zero-order valence-corrected chi connectivity index (χ0v) is 10.5. The lowest BCUT2D eigenvalue weighted by Gasteiger charge is -2.01. The van der Waals surface area contributed by atoms with Gasteiger partial charge in [0, 0.05) is 13.2 Å². The smallest absolute Gasteiger partial charge is 0.325 e. The number of rotatable bonds is 4. The Bertz CT molecular complexity index is 628. The summed E-state index contributed by atoms with van der Waals surface area (Å²) in [5.41, 5.74) is 1.60. The van der Waals surface area contributed by atoms with Crippen molar-refractivity contribution in [2.24, 2.45) is 7.05 Å². The maximum atomic E-state index is 12.0. The van der Waals surface area contributed by atoms with Crippen LogP contribution in [0.2, 0.25) is 0 Å². The highest BCUT2D eigenvalue weighted by Gasteiger charge is 2.13. The molecule has 0 bridgehead atoms. The summed E-state index contributed by atoms with van der Waals surface area (Å²) in [5, 5.41) is 19.2. The molecule has 2 aromatic rings.